The average molecular weight is 250 g/mol. The van der Waals surface area contributed by atoms with Crippen molar-refractivity contribution in [2.45, 2.75) is 75.4 Å². The Hall–Kier alpha value is -0.570. The highest BCUT2D eigenvalue weighted by Gasteiger charge is 2.61. The minimum Gasteiger partial charge on any atom is -0.326 e. The van der Waals surface area contributed by atoms with Gasteiger partial charge in [0, 0.05) is 7.05 Å². The van der Waals surface area contributed by atoms with Gasteiger partial charge in [0.1, 0.15) is 5.54 Å². The van der Waals surface area contributed by atoms with Crippen LogP contribution in [0.3, 0.4) is 0 Å². The highest BCUT2D eigenvalue weighted by molar-refractivity contribution is 5.89. The van der Waals surface area contributed by atoms with Gasteiger partial charge < -0.3 is 4.90 Å². The van der Waals surface area contributed by atoms with Crippen molar-refractivity contribution in [2.24, 2.45) is 0 Å². The highest BCUT2D eigenvalue weighted by Crippen LogP contribution is 2.50. The topological polar surface area (TPSA) is 23.6 Å². The molecule has 3 fully saturated rings. The molecule has 1 saturated heterocycles. The SMILES string of the molecule is CN1C(=O)C2(CCCCC2)N(C)C12CCCCC2. The van der Waals surface area contributed by atoms with Gasteiger partial charge in [-0.15, -0.1) is 0 Å². The van der Waals surface area contributed by atoms with E-state index in [-0.39, 0.29) is 11.2 Å². The van der Waals surface area contributed by atoms with Crippen LogP contribution in [0.25, 0.3) is 0 Å². The van der Waals surface area contributed by atoms with Crippen LogP contribution in [0.5, 0.6) is 0 Å². The standard InChI is InChI=1S/C15H26N2O/c1-16-13(18)14(9-5-3-6-10-14)17(2)15(16)11-7-4-8-12-15/h3-12H2,1-2H3. The second-order valence-corrected chi connectivity index (χ2v) is 6.56. The van der Waals surface area contributed by atoms with E-state index >= 15 is 0 Å². The number of nitrogens with zero attached hydrogens (tertiary/aromatic N) is 2. The third-order valence-corrected chi connectivity index (χ3v) is 5.93. The molecule has 0 bridgehead atoms. The van der Waals surface area contributed by atoms with Gasteiger partial charge in [-0.2, -0.15) is 0 Å². The summed E-state index contributed by atoms with van der Waals surface area (Å²) in [7, 11) is 4.27. The monoisotopic (exact) mass is 250 g/mol. The van der Waals surface area contributed by atoms with Gasteiger partial charge in [-0.05, 0) is 45.6 Å². The van der Waals surface area contributed by atoms with E-state index in [1.807, 2.05) is 7.05 Å². The van der Waals surface area contributed by atoms with Crippen LogP contribution in [0.15, 0.2) is 0 Å². The third kappa shape index (κ3) is 1.43. The second-order valence-electron chi connectivity index (χ2n) is 6.56. The minimum absolute atomic E-state index is 0.0483. The van der Waals surface area contributed by atoms with Crippen molar-refractivity contribution in [3.05, 3.63) is 0 Å². The van der Waals surface area contributed by atoms with Crippen LogP contribution in [0.4, 0.5) is 0 Å². The Kier molecular flexibility index (Phi) is 2.92. The number of amides is 1. The number of likely N-dealkylation sites (N-methyl/N-ethyl adjacent to an activating group) is 2. The maximum absolute atomic E-state index is 12.9. The molecule has 102 valence electrons. The zero-order valence-corrected chi connectivity index (χ0v) is 11.9. The number of hydrogen-bond acceptors (Lipinski definition) is 2. The van der Waals surface area contributed by atoms with E-state index in [2.05, 4.69) is 16.8 Å². The number of carbonyl (C=O) groups is 1. The summed E-state index contributed by atoms with van der Waals surface area (Å²) >= 11 is 0. The van der Waals surface area contributed by atoms with Crippen LogP contribution in [-0.2, 0) is 4.79 Å². The first kappa shape index (κ1) is 12.5. The number of carbonyl (C=O) groups excluding carboxylic acids is 1. The van der Waals surface area contributed by atoms with Crippen LogP contribution < -0.4 is 0 Å². The van der Waals surface area contributed by atoms with Gasteiger partial charge in [-0.3, -0.25) is 9.69 Å². The van der Waals surface area contributed by atoms with Crippen LogP contribution in [0, 0.1) is 0 Å². The van der Waals surface area contributed by atoms with Gasteiger partial charge in [0.2, 0.25) is 5.91 Å². The van der Waals surface area contributed by atoms with E-state index in [9.17, 15) is 4.79 Å². The molecule has 0 unspecified atom stereocenters. The summed E-state index contributed by atoms with van der Waals surface area (Å²) in [5, 5.41) is 0. The molecule has 3 rings (SSSR count). The summed E-state index contributed by atoms with van der Waals surface area (Å²) in [6.07, 6.45) is 12.1. The minimum atomic E-state index is -0.148. The largest absolute Gasteiger partial charge is 0.326 e. The van der Waals surface area contributed by atoms with Gasteiger partial charge in [0.05, 0.1) is 5.66 Å². The molecule has 1 heterocycles. The Morgan fingerprint density at radius 2 is 1.33 bits per heavy atom. The lowest BCUT2D eigenvalue weighted by Crippen LogP contribution is -2.56. The fraction of sp³-hybridized carbons (Fsp3) is 0.933. The van der Waals surface area contributed by atoms with Gasteiger partial charge >= 0.3 is 0 Å². The summed E-state index contributed by atoms with van der Waals surface area (Å²) in [5.74, 6) is 0.409. The first-order valence-corrected chi connectivity index (χ1v) is 7.66. The lowest BCUT2D eigenvalue weighted by molar-refractivity contribution is -0.135. The van der Waals surface area contributed by atoms with Gasteiger partial charge in [-0.1, -0.05) is 25.7 Å². The predicted molar refractivity (Wildman–Crippen MR) is 72.2 cm³/mol. The first-order valence-electron chi connectivity index (χ1n) is 7.66. The van der Waals surface area contributed by atoms with Crippen molar-refractivity contribution in [3.8, 4) is 0 Å². The van der Waals surface area contributed by atoms with E-state index in [1.54, 1.807) is 0 Å². The second kappa shape index (κ2) is 4.22. The molecule has 0 N–H and O–H groups in total. The molecule has 3 nitrogen and oxygen atoms in total. The molecule has 3 heteroatoms. The Bertz CT molecular complexity index is 340. The normalized spacial score (nSPS) is 31.4. The van der Waals surface area contributed by atoms with Crippen molar-refractivity contribution in [1.82, 2.24) is 9.80 Å². The maximum Gasteiger partial charge on any atom is 0.244 e. The molecule has 2 saturated carbocycles. The summed E-state index contributed by atoms with van der Waals surface area (Å²) in [4.78, 5) is 17.4. The van der Waals surface area contributed by atoms with E-state index in [0.717, 1.165) is 12.8 Å². The Balaban J connectivity index is 1.96. The number of rotatable bonds is 0. The van der Waals surface area contributed by atoms with E-state index < -0.39 is 0 Å². The average Bonchev–Trinajstić information content (AvgIpc) is 2.57. The lowest BCUT2D eigenvalue weighted by atomic mass is 9.79. The molecule has 3 aliphatic rings. The van der Waals surface area contributed by atoms with Crippen LogP contribution in [-0.4, -0.2) is 41.0 Å². The first-order chi connectivity index (χ1) is 8.63. The van der Waals surface area contributed by atoms with Crippen molar-refractivity contribution in [3.63, 3.8) is 0 Å². The fourth-order valence-corrected chi connectivity index (χ4v) is 4.74. The van der Waals surface area contributed by atoms with Gasteiger partial charge in [0.25, 0.3) is 0 Å². The summed E-state index contributed by atoms with van der Waals surface area (Å²) < 4.78 is 0. The fourth-order valence-electron chi connectivity index (χ4n) is 4.74. The molecule has 0 aromatic heterocycles. The quantitative estimate of drug-likeness (QED) is 0.660. The smallest absolute Gasteiger partial charge is 0.244 e. The zero-order chi connectivity index (χ0) is 12.8. The van der Waals surface area contributed by atoms with E-state index in [1.165, 1.54) is 51.4 Å². The Morgan fingerprint density at radius 1 is 0.833 bits per heavy atom. The molecular weight excluding hydrogens is 224 g/mol. The van der Waals surface area contributed by atoms with Crippen LogP contribution in [0.1, 0.15) is 64.2 Å². The molecule has 2 aliphatic carbocycles. The lowest BCUT2D eigenvalue weighted by Gasteiger charge is -2.47. The Morgan fingerprint density at radius 3 is 1.89 bits per heavy atom. The summed E-state index contributed by atoms with van der Waals surface area (Å²) in [5.41, 5.74) is -0.100. The van der Waals surface area contributed by atoms with E-state index in [4.69, 9.17) is 0 Å². The molecule has 1 aliphatic heterocycles. The molecule has 0 radical (unpaired) electrons. The molecule has 0 atom stereocenters. The van der Waals surface area contributed by atoms with E-state index in [0.29, 0.717) is 5.91 Å². The maximum atomic E-state index is 12.9. The molecule has 0 aromatic rings. The Labute approximate surface area is 111 Å². The van der Waals surface area contributed by atoms with Crippen molar-refractivity contribution < 1.29 is 4.79 Å². The van der Waals surface area contributed by atoms with Crippen LogP contribution >= 0.6 is 0 Å². The van der Waals surface area contributed by atoms with Gasteiger partial charge in [0.15, 0.2) is 0 Å². The van der Waals surface area contributed by atoms with Gasteiger partial charge in [-0.25, -0.2) is 0 Å². The molecular formula is C15H26N2O. The molecule has 2 spiro atoms. The summed E-state index contributed by atoms with van der Waals surface area (Å²) in [6, 6.07) is 0. The molecule has 0 aromatic carbocycles. The van der Waals surface area contributed by atoms with Crippen LogP contribution in [0.2, 0.25) is 0 Å². The number of hydrogen-bond donors (Lipinski definition) is 0. The summed E-state index contributed by atoms with van der Waals surface area (Å²) in [6.45, 7) is 0. The van der Waals surface area contributed by atoms with Crippen molar-refractivity contribution >= 4 is 5.91 Å². The molecule has 1 amide bonds. The third-order valence-electron chi connectivity index (χ3n) is 5.93. The predicted octanol–water partition coefficient (Wildman–Crippen LogP) is 2.75. The zero-order valence-electron chi connectivity index (χ0n) is 11.9. The van der Waals surface area contributed by atoms with Crippen molar-refractivity contribution in [1.29, 1.82) is 0 Å². The highest BCUT2D eigenvalue weighted by atomic mass is 16.2. The molecule has 18 heavy (non-hydrogen) atoms. The van der Waals surface area contributed by atoms with Crippen molar-refractivity contribution in [2.75, 3.05) is 14.1 Å².